The second kappa shape index (κ2) is 6.14. The lowest BCUT2D eigenvalue weighted by Crippen LogP contribution is -2.08. The van der Waals surface area contributed by atoms with Crippen LogP contribution in [-0.4, -0.2) is 25.6 Å². The van der Waals surface area contributed by atoms with Gasteiger partial charge in [0.15, 0.2) is 0 Å². The number of esters is 1. The van der Waals surface area contributed by atoms with E-state index in [0.29, 0.717) is 15.8 Å². The van der Waals surface area contributed by atoms with Gasteiger partial charge in [-0.3, -0.25) is 0 Å². The fourth-order valence-corrected chi connectivity index (χ4v) is 2.42. The summed E-state index contributed by atoms with van der Waals surface area (Å²) < 4.78 is 6.70. The molecule has 0 aliphatic rings. The Bertz CT molecular complexity index is 908. The van der Waals surface area contributed by atoms with Crippen LogP contribution in [0.4, 0.5) is 0 Å². The fraction of sp³-hybridized carbons (Fsp3) is 0.200. The van der Waals surface area contributed by atoms with Crippen LogP contribution in [0.1, 0.15) is 27.6 Å². The molecular formula is C15H12Cl2N4O2. The molecule has 0 saturated heterocycles. The quantitative estimate of drug-likeness (QED) is 0.677. The van der Waals surface area contributed by atoms with Gasteiger partial charge in [-0.25, -0.2) is 14.3 Å². The van der Waals surface area contributed by atoms with Gasteiger partial charge in [0.25, 0.3) is 11.6 Å². The first-order valence-electron chi connectivity index (χ1n) is 6.76. The maximum Gasteiger partial charge on any atom is 0.378 e. The van der Waals surface area contributed by atoms with E-state index in [0.717, 1.165) is 17.0 Å². The molecule has 3 rings (SSSR count). The van der Waals surface area contributed by atoms with Gasteiger partial charge >= 0.3 is 5.97 Å². The van der Waals surface area contributed by atoms with Crippen LogP contribution < -0.4 is 0 Å². The number of carbonyl (C=O) groups is 1. The molecule has 0 unspecified atom stereocenters. The molecule has 0 saturated carbocycles. The van der Waals surface area contributed by atoms with Crippen LogP contribution in [0.2, 0.25) is 10.0 Å². The van der Waals surface area contributed by atoms with Crippen LogP contribution in [0, 0.1) is 13.8 Å². The molecule has 23 heavy (non-hydrogen) atoms. The number of nitrogens with zero attached hydrogens (tertiary/aromatic N) is 4. The van der Waals surface area contributed by atoms with Crippen molar-refractivity contribution in [1.29, 1.82) is 0 Å². The third kappa shape index (κ3) is 3.28. The number of aryl methyl sites for hydroxylation is 2. The zero-order valence-corrected chi connectivity index (χ0v) is 13.9. The number of hydrogen-bond donors (Lipinski definition) is 0. The van der Waals surface area contributed by atoms with Crippen molar-refractivity contribution in [3.63, 3.8) is 0 Å². The van der Waals surface area contributed by atoms with Crippen molar-refractivity contribution in [2.24, 2.45) is 0 Å². The second-order valence-corrected chi connectivity index (χ2v) is 5.83. The normalized spacial score (nSPS) is 11.0. The maximum absolute atomic E-state index is 12.1. The smallest absolute Gasteiger partial charge is 0.378 e. The molecule has 0 radical (unpaired) electrons. The van der Waals surface area contributed by atoms with Gasteiger partial charge in [-0.15, -0.1) is 5.10 Å². The Hall–Kier alpha value is -2.18. The molecule has 118 valence electrons. The summed E-state index contributed by atoms with van der Waals surface area (Å²) in [4.78, 5) is 20.4. The van der Waals surface area contributed by atoms with Crippen LogP contribution >= 0.6 is 23.2 Å². The molecule has 6 nitrogen and oxygen atoms in total. The van der Waals surface area contributed by atoms with E-state index in [1.54, 1.807) is 18.2 Å². The molecule has 2 heterocycles. The summed E-state index contributed by atoms with van der Waals surface area (Å²) in [6, 6.07) is 6.87. The number of ether oxygens (including phenoxy) is 1. The van der Waals surface area contributed by atoms with Crippen LogP contribution in [-0.2, 0) is 11.3 Å². The molecule has 0 N–H and O–H groups in total. The Kier molecular flexibility index (Phi) is 4.19. The molecule has 1 aromatic carbocycles. The van der Waals surface area contributed by atoms with Crippen molar-refractivity contribution in [1.82, 2.24) is 19.6 Å². The fourth-order valence-electron chi connectivity index (χ4n) is 2.10. The van der Waals surface area contributed by atoms with Gasteiger partial charge in [-0.1, -0.05) is 29.3 Å². The minimum atomic E-state index is -0.626. The molecule has 3 aromatic rings. The van der Waals surface area contributed by atoms with Gasteiger partial charge in [-0.2, -0.15) is 4.98 Å². The lowest BCUT2D eigenvalue weighted by molar-refractivity contribution is 0.0458. The summed E-state index contributed by atoms with van der Waals surface area (Å²) >= 11 is 11.8. The second-order valence-electron chi connectivity index (χ2n) is 5.01. The Balaban J connectivity index is 1.78. The number of hydrogen-bond acceptors (Lipinski definition) is 5. The average molecular weight is 351 g/mol. The van der Waals surface area contributed by atoms with Crippen molar-refractivity contribution in [2.75, 3.05) is 0 Å². The summed E-state index contributed by atoms with van der Waals surface area (Å²) in [6.07, 6.45) is 0. The molecule has 0 aliphatic heterocycles. The van der Waals surface area contributed by atoms with Gasteiger partial charge in [-0.05, 0) is 37.6 Å². The number of halogens is 2. The van der Waals surface area contributed by atoms with Gasteiger partial charge in [0.05, 0.1) is 10.0 Å². The molecule has 0 aliphatic carbocycles. The Labute approximate surface area is 142 Å². The van der Waals surface area contributed by atoms with Gasteiger partial charge in [0, 0.05) is 11.4 Å². The predicted molar refractivity (Wildman–Crippen MR) is 85.8 cm³/mol. The highest BCUT2D eigenvalue weighted by molar-refractivity contribution is 6.42. The largest absolute Gasteiger partial charge is 0.455 e. The number of benzene rings is 1. The minimum absolute atomic E-state index is 0.0359. The van der Waals surface area contributed by atoms with E-state index in [1.165, 1.54) is 4.52 Å². The van der Waals surface area contributed by atoms with E-state index in [-0.39, 0.29) is 12.4 Å². The molecule has 8 heteroatoms. The lowest BCUT2D eigenvalue weighted by Gasteiger charge is -2.03. The van der Waals surface area contributed by atoms with Crippen LogP contribution in [0.5, 0.6) is 0 Å². The number of fused-ring (bicyclic) bond motifs is 1. The van der Waals surface area contributed by atoms with Crippen molar-refractivity contribution < 1.29 is 9.53 Å². The lowest BCUT2D eigenvalue weighted by atomic mass is 10.2. The first-order chi connectivity index (χ1) is 10.9. The van der Waals surface area contributed by atoms with E-state index in [1.807, 2.05) is 19.9 Å². The zero-order valence-electron chi connectivity index (χ0n) is 12.4. The van der Waals surface area contributed by atoms with Crippen molar-refractivity contribution in [3.05, 3.63) is 57.1 Å². The Morgan fingerprint density at radius 3 is 2.70 bits per heavy atom. The zero-order chi connectivity index (χ0) is 16.6. The summed E-state index contributed by atoms with van der Waals surface area (Å²) in [5, 5.41) is 4.97. The SMILES string of the molecule is Cc1cc(C)n2nc(C(=O)OCc3ccc(Cl)c(Cl)c3)nc2n1. The predicted octanol–water partition coefficient (Wildman–Crippen LogP) is 3.40. The first-order valence-corrected chi connectivity index (χ1v) is 7.52. The van der Waals surface area contributed by atoms with Gasteiger partial charge in [0.1, 0.15) is 6.61 Å². The van der Waals surface area contributed by atoms with E-state index in [9.17, 15) is 4.79 Å². The topological polar surface area (TPSA) is 69.4 Å². The number of aromatic nitrogens is 4. The summed E-state index contributed by atoms with van der Waals surface area (Å²) in [5.74, 6) is -0.297. The van der Waals surface area contributed by atoms with E-state index >= 15 is 0 Å². The molecule has 0 atom stereocenters. The molecule has 0 bridgehead atoms. The molecule has 2 aromatic heterocycles. The third-order valence-electron chi connectivity index (χ3n) is 3.15. The Morgan fingerprint density at radius 2 is 1.96 bits per heavy atom. The van der Waals surface area contributed by atoms with E-state index < -0.39 is 5.97 Å². The number of rotatable bonds is 3. The average Bonchev–Trinajstić information content (AvgIpc) is 2.92. The van der Waals surface area contributed by atoms with Crippen LogP contribution in [0.3, 0.4) is 0 Å². The highest BCUT2D eigenvalue weighted by Gasteiger charge is 2.16. The Morgan fingerprint density at radius 1 is 1.17 bits per heavy atom. The standard InChI is InChI=1S/C15H12Cl2N4O2/c1-8-5-9(2)21-15(18-8)19-13(20-21)14(22)23-7-10-3-4-11(16)12(17)6-10/h3-6H,7H2,1-2H3. The molecule has 0 fully saturated rings. The highest BCUT2D eigenvalue weighted by atomic mass is 35.5. The van der Waals surface area contributed by atoms with E-state index in [2.05, 4.69) is 15.1 Å². The van der Waals surface area contributed by atoms with Crippen LogP contribution in [0.15, 0.2) is 24.3 Å². The summed E-state index contributed by atoms with van der Waals surface area (Å²) in [7, 11) is 0. The van der Waals surface area contributed by atoms with Crippen molar-refractivity contribution in [2.45, 2.75) is 20.5 Å². The van der Waals surface area contributed by atoms with Crippen LogP contribution in [0.25, 0.3) is 5.78 Å². The molecule has 0 spiro atoms. The number of carbonyl (C=O) groups excluding carboxylic acids is 1. The highest BCUT2D eigenvalue weighted by Crippen LogP contribution is 2.23. The summed E-state index contributed by atoms with van der Waals surface area (Å²) in [6.45, 7) is 3.77. The third-order valence-corrected chi connectivity index (χ3v) is 3.89. The monoisotopic (exact) mass is 350 g/mol. The van der Waals surface area contributed by atoms with Crippen molar-refractivity contribution >= 4 is 34.9 Å². The van der Waals surface area contributed by atoms with Crippen molar-refractivity contribution in [3.8, 4) is 0 Å². The molecular weight excluding hydrogens is 339 g/mol. The van der Waals surface area contributed by atoms with E-state index in [4.69, 9.17) is 27.9 Å². The summed E-state index contributed by atoms with van der Waals surface area (Å²) in [5.41, 5.74) is 2.36. The molecule has 0 amide bonds. The maximum atomic E-state index is 12.1. The first kappa shape index (κ1) is 15.7. The van der Waals surface area contributed by atoms with Gasteiger partial charge in [0.2, 0.25) is 0 Å². The van der Waals surface area contributed by atoms with Gasteiger partial charge < -0.3 is 4.74 Å². The minimum Gasteiger partial charge on any atom is -0.455 e.